The van der Waals surface area contributed by atoms with E-state index in [0.29, 0.717) is 0 Å². The highest BCUT2D eigenvalue weighted by atomic mass is 32.1. The standard InChI is InChI=1S/C17H15FN4S/c1-12(13-7-9-20-10-8-13)21-22-16(11-23-17(22)19-2)14-3-5-15(18)6-4-14/h3-11H,1-2H3/b19-17?,21-12-. The number of hydrogen-bond acceptors (Lipinski definition) is 4. The van der Waals surface area contributed by atoms with Crippen molar-refractivity contribution in [2.45, 2.75) is 6.92 Å². The average molecular weight is 326 g/mol. The van der Waals surface area contributed by atoms with Crippen molar-refractivity contribution in [1.29, 1.82) is 0 Å². The van der Waals surface area contributed by atoms with E-state index in [9.17, 15) is 4.39 Å². The van der Waals surface area contributed by atoms with Crippen LogP contribution in [0.5, 0.6) is 0 Å². The first-order valence-corrected chi connectivity index (χ1v) is 7.92. The fourth-order valence-corrected chi connectivity index (χ4v) is 2.96. The lowest BCUT2D eigenvalue weighted by molar-refractivity contribution is 0.628. The monoisotopic (exact) mass is 326 g/mol. The van der Waals surface area contributed by atoms with Crippen LogP contribution in [-0.2, 0) is 0 Å². The molecular weight excluding hydrogens is 311 g/mol. The molecule has 0 saturated heterocycles. The maximum atomic E-state index is 13.1. The third-order valence-corrected chi connectivity index (χ3v) is 4.27. The zero-order valence-corrected chi connectivity index (χ0v) is 13.6. The van der Waals surface area contributed by atoms with E-state index in [2.05, 4.69) is 15.1 Å². The molecule has 2 aromatic heterocycles. The van der Waals surface area contributed by atoms with E-state index in [1.165, 1.54) is 23.5 Å². The molecule has 0 spiro atoms. The number of benzene rings is 1. The van der Waals surface area contributed by atoms with Crippen LogP contribution in [-0.4, -0.2) is 22.4 Å². The Balaban J connectivity index is 2.12. The Kier molecular flexibility index (Phi) is 4.43. The van der Waals surface area contributed by atoms with Gasteiger partial charge in [0.1, 0.15) is 5.82 Å². The van der Waals surface area contributed by atoms with Gasteiger partial charge in [0, 0.05) is 35.9 Å². The highest BCUT2D eigenvalue weighted by Gasteiger charge is 2.08. The quantitative estimate of drug-likeness (QED) is 0.679. The van der Waals surface area contributed by atoms with Crippen LogP contribution in [0.1, 0.15) is 12.5 Å². The average Bonchev–Trinajstić information content (AvgIpc) is 2.99. The molecule has 116 valence electrons. The molecule has 3 rings (SSSR count). The smallest absolute Gasteiger partial charge is 0.205 e. The lowest BCUT2D eigenvalue weighted by atomic mass is 10.2. The summed E-state index contributed by atoms with van der Waals surface area (Å²) < 4.78 is 14.9. The van der Waals surface area contributed by atoms with E-state index in [-0.39, 0.29) is 5.82 Å². The number of thiazole rings is 1. The third kappa shape index (κ3) is 3.27. The minimum atomic E-state index is -0.257. The van der Waals surface area contributed by atoms with E-state index in [1.54, 1.807) is 36.3 Å². The SMILES string of the molecule is CN=c1scc(-c2ccc(F)cc2)n1/N=C(/C)c1ccncc1. The maximum absolute atomic E-state index is 13.1. The molecule has 0 N–H and O–H groups in total. The van der Waals surface area contributed by atoms with E-state index < -0.39 is 0 Å². The summed E-state index contributed by atoms with van der Waals surface area (Å²) in [5, 5.41) is 6.66. The minimum absolute atomic E-state index is 0.257. The van der Waals surface area contributed by atoms with Gasteiger partial charge in [-0.15, -0.1) is 11.3 Å². The Morgan fingerprint density at radius 3 is 2.48 bits per heavy atom. The van der Waals surface area contributed by atoms with Gasteiger partial charge in [0.15, 0.2) is 0 Å². The Bertz CT molecular complexity index is 892. The number of halogens is 1. The fourth-order valence-electron chi connectivity index (χ4n) is 2.17. The number of pyridine rings is 1. The van der Waals surface area contributed by atoms with Gasteiger partial charge in [-0.3, -0.25) is 9.98 Å². The molecule has 4 nitrogen and oxygen atoms in total. The van der Waals surface area contributed by atoms with Crippen LogP contribution in [0.15, 0.2) is 64.3 Å². The zero-order valence-electron chi connectivity index (χ0n) is 12.8. The second kappa shape index (κ2) is 6.66. The van der Waals surface area contributed by atoms with Crippen LogP contribution >= 0.6 is 11.3 Å². The molecule has 0 aliphatic heterocycles. The summed E-state index contributed by atoms with van der Waals surface area (Å²) in [6, 6.07) is 10.2. The van der Waals surface area contributed by atoms with Gasteiger partial charge in [0.05, 0.1) is 11.4 Å². The molecule has 0 aliphatic rings. The van der Waals surface area contributed by atoms with Gasteiger partial charge in [-0.2, -0.15) is 5.10 Å². The van der Waals surface area contributed by atoms with Crippen LogP contribution in [0.3, 0.4) is 0 Å². The first-order chi connectivity index (χ1) is 11.2. The summed E-state index contributed by atoms with van der Waals surface area (Å²) >= 11 is 1.50. The molecule has 23 heavy (non-hydrogen) atoms. The van der Waals surface area contributed by atoms with Crippen LogP contribution in [0, 0.1) is 5.82 Å². The van der Waals surface area contributed by atoms with Gasteiger partial charge < -0.3 is 0 Å². The molecule has 0 radical (unpaired) electrons. The van der Waals surface area contributed by atoms with E-state index in [4.69, 9.17) is 0 Å². The normalized spacial score (nSPS) is 12.7. The molecule has 1 aromatic carbocycles. The van der Waals surface area contributed by atoms with Gasteiger partial charge in [0.25, 0.3) is 0 Å². The van der Waals surface area contributed by atoms with E-state index >= 15 is 0 Å². The highest BCUT2D eigenvalue weighted by Crippen LogP contribution is 2.20. The first kappa shape index (κ1) is 15.3. The summed E-state index contributed by atoms with van der Waals surface area (Å²) in [4.78, 5) is 9.06. The predicted octanol–water partition coefficient (Wildman–Crippen LogP) is 3.55. The summed E-state index contributed by atoms with van der Waals surface area (Å²) in [7, 11) is 1.73. The maximum Gasteiger partial charge on any atom is 0.205 e. The van der Waals surface area contributed by atoms with Crippen LogP contribution < -0.4 is 4.80 Å². The van der Waals surface area contributed by atoms with E-state index in [0.717, 1.165) is 27.3 Å². The molecule has 0 atom stereocenters. The molecule has 0 fully saturated rings. The van der Waals surface area contributed by atoms with Crippen molar-refractivity contribution in [3.8, 4) is 11.3 Å². The Labute approximate surface area is 137 Å². The molecule has 0 amide bonds. The molecule has 3 aromatic rings. The summed E-state index contributed by atoms with van der Waals surface area (Å²) in [6.45, 7) is 1.94. The van der Waals surface area contributed by atoms with Gasteiger partial charge in [-0.05, 0) is 43.3 Å². The number of hydrogen-bond donors (Lipinski definition) is 0. The summed E-state index contributed by atoms with van der Waals surface area (Å²) in [5.41, 5.74) is 3.61. The summed E-state index contributed by atoms with van der Waals surface area (Å²) in [5.74, 6) is -0.257. The number of rotatable bonds is 3. The number of nitrogens with zero attached hydrogens (tertiary/aromatic N) is 4. The van der Waals surface area contributed by atoms with Crippen molar-refractivity contribution in [2.24, 2.45) is 10.1 Å². The molecule has 0 unspecified atom stereocenters. The zero-order chi connectivity index (χ0) is 16.2. The van der Waals surface area contributed by atoms with Crippen LogP contribution in [0.25, 0.3) is 11.3 Å². The second-order valence-electron chi connectivity index (χ2n) is 4.87. The van der Waals surface area contributed by atoms with E-state index in [1.807, 2.05) is 24.4 Å². The van der Waals surface area contributed by atoms with Crippen molar-refractivity contribution in [3.63, 3.8) is 0 Å². The van der Waals surface area contributed by atoms with Crippen LogP contribution in [0.4, 0.5) is 4.39 Å². The molecule has 0 aliphatic carbocycles. The topological polar surface area (TPSA) is 42.5 Å². The molecule has 2 heterocycles. The van der Waals surface area contributed by atoms with Crippen molar-refractivity contribution in [2.75, 3.05) is 7.05 Å². The Morgan fingerprint density at radius 2 is 1.83 bits per heavy atom. The van der Waals surface area contributed by atoms with Gasteiger partial charge >= 0.3 is 0 Å². The second-order valence-corrected chi connectivity index (χ2v) is 5.70. The highest BCUT2D eigenvalue weighted by molar-refractivity contribution is 7.07. The first-order valence-electron chi connectivity index (χ1n) is 7.04. The minimum Gasteiger partial charge on any atom is -0.265 e. The molecular formula is C17H15FN4S. The van der Waals surface area contributed by atoms with Gasteiger partial charge in [0.2, 0.25) is 4.80 Å². The molecule has 6 heteroatoms. The number of aromatic nitrogens is 2. The lowest BCUT2D eigenvalue weighted by Gasteiger charge is -2.06. The van der Waals surface area contributed by atoms with Gasteiger partial charge in [-0.25, -0.2) is 9.07 Å². The van der Waals surface area contributed by atoms with Crippen molar-refractivity contribution in [3.05, 3.63) is 70.4 Å². The largest absolute Gasteiger partial charge is 0.265 e. The predicted molar refractivity (Wildman–Crippen MR) is 91.0 cm³/mol. The molecule has 0 bridgehead atoms. The molecule has 0 saturated carbocycles. The lowest BCUT2D eigenvalue weighted by Crippen LogP contribution is -2.13. The van der Waals surface area contributed by atoms with Crippen LogP contribution in [0.2, 0.25) is 0 Å². The van der Waals surface area contributed by atoms with Crippen molar-refractivity contribution >= 4 is 17.0 Å². The Morgan fingerprint density at radius 1 is 1.13 bits per heavy atom. The van der Waals surface area contributed by atoms with Crippen molar-refractivity contribution < 1.29 is 4.39 Å². The van der Waals surface area contributed by atoms with Crippen molar-refractivity contribution in [1.82, 2.24) is 9.66 Å². The third-order valence-electron chi connectivity index (χ3n) is 3.36. The fraction of sp³-hybridized carbons (Fsp3) is 0.118. The summed E-state index contributed by atoms with van der Waals surface area (Å²) in [6.07, 6.45) is 3.47. The van der Waals surface area contributed by atoms with Gasteiger partial charge in [-0.1, -0.05) is 0 Å². The Hall–Kier alpha value is -2.60.